The molecule has 17 heavy (non-hydrogen) atoms. The number of nitrogens with one attached hydrogen (secondary N) is 1. The third-order valence-corrected chi connectivity index (χ3v) is 3.95. The van der Waals surface area contributed by atoms with Gasteiger partial charge >= 0.3 is 0 Å². The maximum Gasteiger partial charge on any atom is 0.227 e. The number of carbonyl (C=O) groups excluding carboxylic acids is 1. The lowest BCUT2D eigenvalue weighted by atomic mass is 9.82. The van der Waals surface area contributed by atoms with Crippen LogP contribution in [0.5, 0.6) is 0 Å². The van der Waals surface area contributed by atoms with Crippen molar-refractivity contribution < 1.29 is 4.79 Å². The quantitative estimate of drug-likeness (QED) is 0.848. The summed E-state index contributed by atoms with van der Waals surface area (Å²) in [5.74, 6) is 1.10. The number of aryl methyl sites for hydroxylation is 1. The Kier molecular flexibility index (Phi) is 2.87. The van der Waals surface area contributed by atoms with E-state index in [9.17, 15) is 4.79 Å². The highest BCUT2D eigenvalue weighted by Gasteiger charge is 2.28. The van der Waals surface area contributed by atoms with Gasteiger partial charge in [0, 0.05) is 6.54 Å². The zero-order valence-corrected chi connectivity index (χ0v) is 10.1. The van der Waals surface area contributed by atoms with Crippen molar-refractivity contribution in [2.24, 2.45) is 5.92 Å². The Morgan fingerprint density at radius 2 is 2.06 bits per heavy atom. The van der Waals surface area contributed by atoms with Gasteiger partial charge in [-0.1, -0.05) is 24.3 Å². The normalized spacial score (nSPS) is 22.9. The van der Waals surface area contributed by atoms with Crippen molar-refractivity contribution in [3.8, 4) is 0 Å². The fourth-order valence-electron chi connectivity index (χ4n) is 2.72. The molecule has 3 rings (SSSR count). The Labute approximate surface area is 102 Å². The summed E-state index contributed by atoms with van der Waals surface area (Å²) in [4.78, 5) is 12.2. The van der Waals surface area contributed by atoms with Crippen LogP contribution in [0.25, 0.3) is 0 Å². The number of benzene rings is 1. The van der Waals surface area contributed by atoms with Crippen molar-refractivity contribution in [2.45, 2.75) is 38.0 Å². The number of hydrogen-bond acceptors (Lipinski definition) is 1. The summed E-state index contributed by atoms with van der Waals surface area (Å²) >= 11 is 0. The Morgan fingerprint density at radius 3 is 2.88 bits per heavy atom. The average molecular weight is 229 g/mol. The predicted molar refractivity (Wildman–Crippen MR) is 67.9 cm³/mol. The fraction of sp³-hybridized carbons (Fsp3) is 0.533. The zero-order chi connectivity index (χ0) is 11.7. The molecule has 2 nitrogen and oxygen atoms in total. The maximum absolute atomic E-state index is 12.2. The molecule has 90 valence electrons. The highest BCUT2D eigenvalue weighted by atomic mass is 16.1. The van der Waals surface area contributed by atoms with Gasteiger partial charge in [0.15, 0.2) is 0 Å². The second-order valence-electron chi connectivity index (χ2n) is 5.33. The first-order valence-corrected chi connectivity index (χ1v) is 6.70. The highest BCUT2D eigenvalue weighted by Crippen LogP contribution is 2.32. The topological polar surface area (TPSA) is 29.1 Å². The summed E-state index contributed by atoms with van der Waals surface area (Å²) in [7, 11) is 0. The molecule has 0 aromatic heterocycles. The van der Waals surface area contributed by atoms with Crippen molar-refractivity contribution in [2.75, 3.05) is 6.54 Å². The molecule has 1 saturated carbocycles. The summed E-state index contributed by atoms with van der Waals surface area (Å²) in [5, 5.41) is 3.12. The minimum absolute atomic E-state index is 0.0960. The van der Waals surface area contributed by atoms with Crippen LogP contribution in [0.15, 0.2) is 24.3 Å². The third kappa shape index (κ3) is 2.36. The maximum atomic E-state index is 12.2. The second-order valence-corrected chi connectivity index (χ2v) is 5.33. The fourth-order valence-corrected chi connectivity index (χ4v) is 2.72. The van der Waals surface area contributed by atoms with Crippen LogP contribution in [0.2, 0.25) is 0 Å². The van der Waals surface area contributed by atoms with Crippen molar-refractivity contribution in [3.63, 3.8) is 0 Å². The van der Waals surface area contributed by atoms with E-state index in [4.69, 9.17) is 0 Å². The lowest BCUT2D eigenvalue weighted by Crippen LogP contribution is -2.32. The van der Waals surface area contributed by atoms with E-state index in [2.05, 4.69) is 23.5 Å². The lowest BCUT2D eigenvalue weighted by molar-refractivity contribution is -0.122. The van der Waals surface area contributed by atoms with Crippen LogP contribution in [0, 0.1) is 5.92 Å². The van der Waals surface area contributed by atoms with Crippen molar-refractivity contribution in [1.82, 2.24) is 5.32 Å². The SMILES string of the molecule is O=C(NCC1CC1)C1CCCc2ccccc21. The van der Waals surface area contributed by atoms with Crippen molar-refractivity contribution >= 4 is 5.91 Å². The summed E-state index contributed by atoms with van der Waals surface area (Å²) in [6.45, 7) is 0.886. The van der Waals surface area contributed by atoms with Crippen LogP contribution < -0.4 is 5.32 Å². The van der Waals surface area contributed by atoms with Crippen molar-refractivity contribution in [3.05, 3.63) is 35.4 Å². The van der Waals surface area contributed by atoms with E-state index < -0.39 is 0 Å². The highest BCUT2D eigenvalue weighted by molar-refractivity contribution is 5.84. The molecule has 1 N–H and O–H groups in total. The van der Waals surface area contributed by atoms with E-state index in [1.165, 1.54) is 24.0 Å². The van der Waals surface area contributed by atoms with E-state index in [0.29, 0.717) is 0 Å². The largest absolute Gasteiger partial charge is 0.355 e. The van der Waals surface area contributed by atoms with Gasteiger partial charge in [0.1, 0.15) is 0 Å². The van der Waals surface area contributed by atoms with E-state index in [1.807, 2.05) is 6.07 Å². The van der Waals surface area contributed by atoms with Crippen LogP contribution in [-0.2, 0) is 11.2 Å². The third-order valence-electron chi connectivity index (χ3n) is 3.95. The molecule has 2 aliphatic carbocycles. The van der Waals surface area contributed by atoms with Gasteiger partial charge in [0.25, 0.3) is 0 Å². The number of carbonyl (C=O) groups is 1. The second kappa shape index (κ2) is 4.52. The van der Waals surface area contributed by atoms with E-state index in [-0.39, 0.29) is 11.8 Å². The number of rotatable bonds is 3. The van der Waals surface area contributed by atoms with Crippen LogP contribution in [-0.4, -0.2) is 12.5 Å². The Morgan fingerprint density at radius 1 is 1.24 bits per heavy atom. The molecule has 0 spiro atoms. The number of amides is 1. The van der Waals surface area contributed by atoms with Gasteiger partial charge < -0.3 is 5.32 Å². The summed E-state index contributed by atoms with van der Waals surface area (Å²) in [6, 6.07) is 8.40. The van der Waals surface area contributed by atoms with Gasteiger partial charge in [0.2, 0.25) is 5.91 Å². The number of hydrogen-bond donors (Lipinski definition) is 1. The van der Waals surface area contributed by atoms with Crippen LogP contribution >= 0.6 is 0 Å². The van der Waals surface area contributed by atoms with Crippen LogP contribution in [0.4, 0.5) is 0 Å². The molecule has 0 radical (unpaired) electrons. The van der Waals surface area contributed by atoms with Gasteiger partial charge in [0.05, 0.1) is 5.92 Å². The predicted octanol–water partition coefficient (Wildman–Crippen LogP) is 2.63. The minimum Gasteiger partial charge on any atom is -0.355 e. The molecule has 0 saturated heterocycles. The molecule has 0 heterocycles. The molecule has 1 aromatic carbocycles. The molecule has 2 aliphatic rings. The summed E-state index contributed by atoms with van der Waals surface area (Å²) in [6.07, 6.45) is 5.86. The smallest absolute Gasteiger partial charge is 0.227 e. The van der Waals surface area contributed by atoms with E-state index in [1.54, 1.807) is 0 Å². The van der Waals surface area contributed by atoms with Crippen LogP contribution in [0.3, 0.4) is 0 Å². The van der Waals surface area contributed by atoms with Gasteiger partial charge in [-0.2, -0.15) is 0 Å². The van der Waals surface area contributed by atoms with E-state index in [0.717, 1.165) is 31.7 Å². The van der Waals surface area contributed by atoms with Gasteiger partial charge in [-0.15, -0.1) is 0 Å². The molecule has 2 heteroatoms. The lowest BCUT2D eigenvalue weighted by Gasteiger charge is -2.24. The first-order chi connectivity index (χ1) is 8.34. The molecule has 1 atom stereocenters. The van der Waals surface area contributed by atoms with Crippen LogP contribution in [0.1, 0.15) is 42.7 Å². The Bertz CT molecular complexity index is 423. The molecular formula is C15H19NO. The zero-order valence-electron chi connectivity index (χ0n) is 10.1. The molecule has 0 aliphatic heterocycles. The number of fused-ring (bicyclic) bond motifs is 1. The Balaban J connectivity index is 1.72. The Hall–Kier alpha value is -1.31. The minimum atomic E-state index is 0.0960. The molecule has 1 amide bonds. The molecule has 1 aromatic rings. The van der Waals surface area contributed by atoms with Gasteiger partial charge in [-0.05, 0) is 49.1 Å². The monoisotopic (exact) mass is 229 g/mol. The van der Waals surface area contributed by atoms with E-state index >= 15 is 0 Å². The molecule has 0 bridgehead atoms. The molecular weight excluding hydrogens is 210 g/mol. The summed E-state index contributed by atoms with van der Waals surface area (Å²) < 4.78 is 0. The first-order valence-electron chi connectivity index (χ1n) is 6.70. The van der Waals surface area contributed by atoms with Gasteiger partial charge in [-0.25, -0.2) is 0 Å². The van der Waals surface area contributed by atoms with Gasteiger partial charge in [-0.3, -0.25) is 4.79 Å². The average Bonchev–Trinajstić information content (AvgIpc) is 3.19. The first kappa shape index (κ1) is 10.8. The summed E-state index contributed by atoms with van der Waals surface area (Å²) in [5.41, 5.74) is 2.62. The molecule has 1 unspecified atom stereocenters. The van der Waals surface area contributed by atoms with Crippen molar-refractivity contribution in [1.29, 1.82) is 0 Å². The molecule has 1 fully saturated rings. The standard InChI is InChI=1S/C15H19NO/c17-15(16-10-11-8-9-11)14-7-3-5-12-4-1-2-6-13(12)14/h1-2,4,6,11,14H,3,5,7-10H2,(H,16,17).